The zero-order chi connectivity index (χ0) is 12.3. The largest absolute Gasteiger partial charge is 0.478 e. The van der Waals surface area contributed by atoms with Crippen LogP contribution in [0.25, 0.3) is 0 Å². The van der Waals surface area contributed by atoms with Gasteiger partial charge in [-0.3, -0.25) is 4.79 Å². The van der Waals surface area contributed by atoms with E-state index in [0.717, 1.165) is 12.8 Å². The first kappa shape index (κ1) is 12.5. The van der Waals surface area contributed by atoms with Crippen molar-refractivity contribution in [3.05, 3.63) is 23.8 Å². The third-order valence-electron chi connectivity index (χ3n) is 2.78. The van der Waals surface area contributed by atoms with Crippen molar-refractivity contribution in [1.82, 2.24) is 4.90 Å². The fraction of sp³-hybridized carbons (Fsp3) is 0.500. The van der Waals surface area contributed by atoms with E-state index in [4.69, 9.17) is 5.11 Å². The van der Waals surface area contributed by atoms with Gasteiger partial charge in [-0.05, 0) is 26.7 Å². The van der Waals surface area contributed by atoms with E-state index >= 15 is 0 Å². The summed E-state index contributed by atoms with van der Waals surface area (Å²) in [5.74, 6) is -1.23. The average Bonchev–Trinajstić information content (AvgIpc) is 3.06. The molecule has 1 rings (SSSR count). The molecule has 1 N–H and O–H groups in total. The van der Waals surface area contributed by atoms with Gasteiger partial charge in [0.1, 0.15) is 0 Å². The molecule has 4 heteroatoms. The summed E-state index contributed by atoms with van der Waals surface area (Å²) in [6, 6.07) is 0.266. The molecule has 0 unspecified atom stereocenters. The third-order valence-corrected chi connectivity index (χ3v) is 2.78. The van der Waals surface area contributed by atoms with Gasteiger partial charge in [-0.2, -0.15) is 0 Å². The van der Waals surface area contributed by atoms with Crippen LogP contribution in [0.2, 0.25) is 0 Å². The summed E-state index contributed by atoms with van der Waals surface area (Å²) < 4.78 is 0. The summed E-state index contributed by atoms with van der Waals surface area (Å²) in [6.45, 7) is 7.10. The number of carboxylic acid groups (broad SMARTS) is 1. The molecule has 0 aromatic carbocycles. The maximum Gasteiger partial charge on any atom is 0.331 e. The van der Waals surface area contributed by atoms with Crippen LogP contribution in [-0.2, 0) is 9.59 Å². The Labute approximate surface area is 95.2 Å². The zero-order valence-corrected chi connectivity index (χ0v) is 9.69. The maximum atomic E-state index is 12.0. The molecule has 1 amide bonds. The molecule has 0 aliphatic heterocycles. The van der Waals surface area contributed by atoms with E-state index in [0.29, 0.717) is 12.1 Å². The van der Waals surface area contributed by atoms with Gasteiger partial charge in [-0.25, -0.2) is 4.79 Å². The predicted molar refractivity (Wildman–Crippen MR) is 60.9 cm³/mol. The highest BCUT2D eigenvalue weighted by Gasteiger charge is 2.32. The Hall–Kier alpha value is -1.58. The average molecular weight is 223 g/mol. The van der Waals surface area contributed by atoms with E-state index < -0.39 is 5.97 Å². The van der Waals surface area contributed by atoms with Gasteiger partial charge in [0.15, 0.2) is 0 Å². The van der Waals surface area contributed by atoms with Crippen molar-refractivity contribution < 1.29 is 14.7 Å². The second kappa shape index (κ2) is 4.96. The molecule has 1 fully saturated rings. The molecule has 0 spiro atoms. The van der Waals surface area contributed by atoms with E-state index in [1.807, 2.05) is 0 Å². The van der Waals surface area contributed by atoms with Crippen LogP contribution in [0.4, 0.5) is 0 Å². The van der Waals surface area contributed by atoms with Crippen molar-refractivity contribution in [3.63, 3.8) is 0 Å². The first-order chi connectivity index (χ1) is 7.49. The summed E-state index contributed by atoms with van der Waals surface area (Å²) in [7, 11) is 0. The minimum absolute atomic E-state index is 0.111. The minimum Gasteiger partial charge on any atom is -0.478 e. The van der Waals surface area contributed by atoms with Gasteiger partial charge < -0.3 is 10.0 Å². The summed E-state index contributed by atoms with van der Waals surface area (Å²) >= 11 is 0. The summed E-state index contributed by atoms with van der Waals surface area (Å²) in [5, 5.41) is 8.82. The smallest absolute Gasteiger partial charge is 0.331 e. The lowest BCUT2D eigenvalue weighted by Crippen LogP contribution is -2.34. The lowest BCUT2D eigenvalue weighted by atomic mass is 10.1. The van der Waals surface area contributed by atoms with Crippen LogP contribution in [0.3, 0.4) is 0 Å². The molecule has 0 bridgehead atoms. The van der Waals surface area contributed by atoms with Crippen LogP contribution >= 0.6 is 0 Å². The van der Waals surface area contributed by atoms with Crippen molar-refractivity contribution in [2.75, 3.05) is 6.54 Å². The normalized spacial score (nSPS) is 16.4. The maximum absolute atomic E-state index is 12.0. The second-order valence-corrected chi connectivity index (χ2v) is 4.03. The Kier molecular flexibility index (Phi) is 3.88. The molecule has 4 nitrogen and oxygen atoms in total. The van der Waals surface area contributed by atoms with Gasteiger partial charge in [0, 0.05) is 23.7 Å². The lowest BCUT2D eigenvalue weighted by molar-refractivity contribution is -0.133. The lowest BCUT2D eigenvalue weighted by Gasteiger charge is -2.21. The monoisotopic (exact) mass is 223 g/mol. The highest BCUT2D eigenvalue weighted by molar-refractivity contribution is 6.01. The van der Waals surface area contributed by atoms with Crippen LogP contribution in [0.1, 0.15) is 26.7 Å². The van der Waals surface area contributed by atoms with Gasteiger partial charge in [-0.15, -0.1) is 6.58 Å². The SMILES string of the molecule is C=CCN(C(=O)/C(C)=C(\C)C(=O)O)C1CC1. The molecule has 0 heterocycles. The van der Waals surface area contributed by atoms with Gasteiger partial charge in [0.05, 0.1) is 0 Å². The summed E-state index contributed by atoms with van der Waals surface area (Å²) in [6.07, 6.45) is 3.66. The topological polar surface area (TPSA) is 57.6 Å². The Morgan fingerprint density at radius 2 is 1.94 bits per heavy atom. The minimum atomic E-state index is -1.04. The number of amides is 1. The van der Waals surface area contributed by atoms with Crippen LogP contribution in [0.15, 0.2) is 23.8 Å². The standard InChI is InChI=1S/C12H17NO3/c1-4-7-13(10-5-6-10)11(14)8(2)9(3)12(15)16/h4,10H,1,5-7H2,2-3H3,(H,15,16)/b9-8+. The third kappa shape index (κ3) is 2.72. The highest BCUT2D eigenvalue weighted by atomic mass is 16.4. The Balaban J connectivity index is 2.85. The molecule has 1 aliphatic rings. The summed E-state index contributed by atoms with van der Waals surface area (Å²) in [5.41, 5.74) is 0.418. The van der Waals surface area contributed by atoms with Crippen molar-refractivity contribution >= 4 is 11.9 Å². The van der Waals surface area contributed by atoms with Gasteiger partial charge in [0.2, 0.25) is 0 Å². The number of aliphatic carboxylic acids is 1. The Morgan fingerprint density at radius 3 is 2.31 bits per heavy atom. The number of hydrogen-bond donors (Lipinski definition) is 1. The first-order valence-electron chi connectivity index (χ1n) is 5.31. The van der Waals surface area contributed by atoms with E-state index in [2.05, 4.69) is 6.58 Å². The molecule has 1 aliphatic carbocycles. The molecule has 1 saturated carbocycles. The Morgan fingerprint density at radius 1 is 1.38 bits per heavy atom. The molecule has 0 aromatic rings. The summed E-state index contributed by atoms with van der Waals surface area (Å²) in [4.78, 5) is 24.5. The Bertz CT molecular complexity index is 353. The van der Waals surface area contributed by atoms with Crippen molar-refractivity contribution in [1.29, 1.82) is 0 Å². The van der Waals surface area contributed by atoms with Crippen LogP contribution in [0.5, 0.6) is 0 Å². The highest BCUT2D eigenvalue weighted by Crippen LogP contribution is 2.28. The van der Waals surface area contributed by atoms with Gasteiger partial charge in [0.25, 0.3) is 5.91 Å². The molecule has 0 aromatic heterocycles. The molecular weight excluding hydrogens is 206 g/mol. The zero-order valence-electron chi connectivity index (χ0n) is 9.69. The fourth-order valence-electron chi connectivity index (χ4n) is 1.46. The molecule has 16 heavy (non-hydrogen) atoms. The van der Waals surface area contributed by atoms with E-state index in [-0.39, 0.29) is 17.5 Å². The molecular formula is C12H17NO3. The van der Waals surface area contributed by atoms with Crippen LogP contribution in [-0.4, -0.2) is 34.5 Å². The van der Waals surface area contributed by atoms with Crippen molar-refractivity contribution in [2.24, 2.45) is 0 Å². The molecule has 0 atom stereocenters. The van der Waals surface area contributed by atoms with Crippen LogP contribution in [0, 0.1) is 0 Å². The van der Waals surface area contributed by atoms with Crippen molar-refractivity contribution in [2.45, 2.75) is 32.7 Å². The fourth-order valence-corrected chi connectivity index (χ4v) is 1.46. The first-order valence-corrected chi connectivity index (χ1v) is 5.31. The number of carbonyl (C=O) groups is 2. The van der Waals surface area contributed by atoms with Crippen LogP contribution < -0.4 is 0 Å². The predicted octanol–water partition coefficient (Wildman–Crippen LogP) is 1.58. The van der Waals surface area contributed by atoms with E-state index in [1.165, 1.54) is 6.92 Å². The molecule has 0 saturated heterocycles. The number of hydrogen-bond acceptors (Lipinski definition) is 2. The second-order valence-electron chi connectivity index (χ2n) is 4.03. The number of rotatable bonds is 5. The number of carbonyl (C=O) groups excluding carboxylic acids is 1. The van der Waals surface area contributed by atoms with Crippen molar-refractivity contribution in [3.8, 4) is 0 Å². The van der Waals surface area contributed by atoms with Gasteiger partial charge >= 0.3 is 5.97 Å². The number of nitrogens with zero attached hydrogens (tertiary/aromatic N) is 1. The molecule has 88 valence electrons. The van der Waals surface area contributed by atoms with E-state index in [1.54, 1.807) is 17.9 Å². The number of carboxylic acids is 1. The van der Waals surface area contributed by atoms with E-state index in [9.17, 15) is 9.59 Å². The van der Waals surface area contributed by atoms with Gasteiger partial charge in [-0.1, -0.05) is 6.08 Å². The molecule has 0 radical (unpaired) electrons. The quantitative estimate of drug-likeness (QED) is 0.568.